The summed E-state index contributed by atoms with van der Waals surface area (Å²) in [5.74, 6) is 1.67. The number of rotatable bonds is 5. The number of hydrogen-bond acceptors (Lipinski definition) is 4. The van der Waals surface area contributed by atoms with Crippen LogP contribution in [0.15, 0.2) is 5.16 Å². The second-order valence-electron chi connectivity index (χ2n) is 5.73. The molecule has 0 aliphatic heterocycles. The van der Waals surface area contributed by atoms with E-state index in [0.29, 0.717) is 12.0 Å². The van der Waals surface area contributed by atoms with Gasteiger partial charge in [-0.15, -0.1) is 10.2 Å². The summed E-state index contributed by atoms with van der Waals surface area (Å²) in [5, 5.41) is 18.0. The highest BCUT2D eigenvalue weighted by atomic mass is 32.2. The Bertz CT molecular complexity index is 475. The number of aryl methyl sites for hydroxylation is 1. The van der Waals surface area contributed by atoms with Gasteiger partial charge in [-0.05, 0) is 31.1 Å². The number of carbonyl (C=O) groups is 1. The van der Waals surface area contributed by atoms with Crippen molar-refractivity contribution >= 4 is 17.7 Å². The molecule has 1 aliphatic rings. The molecule has 1 fully saturated rings. The Morgan fingerprint density at radius 2 is 2.10 bits per heavy atom. The number of carboxylic acids is 1. The summed E-state index contributed by atoms with van der Waals surface area (Å²) in [6, 6.07) is 0.419. The number of aromatic nitrogens is 3. The van der Waals surface area contributed by atoms with Gasteiger partial charge in [0.15, 0.2) is 5.16 Å². The summed E-state index contributed by atoms with van der Waals surface area (Å²) in [6.07, 6.45) is 4.32. The van der Waals surface area contributed by atoms with E-state index in [9.17, 15) is 4.79 Å². The quantitative estimate of drug-likeness (QED) is 0.846. The van der Waals surface area contributed by atoms with Gasteiger partial charge < -0.3 is 9.67 Å². The van der Waals surface area contributed by atoms with Crippen LogP contribution in [-0.2, 0) is 11.2 Å². The molecule has 1 heterocycles. The second-order valence-corrected chi connectivity index (χ2v) is 6.67. The molecule has 0 radical (unpaired) electrons. The first kappa shape index (κ1) is 15.4. The molecule has 112 valence electrons. The van der Waals surface area contributed by atoms with Gasteiger partial charge in [-0.25, -0.2) is 0 Å². The van der Waals surface area contributed by atoms with Gasteiger partial charge in [-0.1, -0.05) is 32.5 Å². The van der Waals surface area contributed by atoms with Crippen LogP contribution in [0.5, 0.6) is 0 Å². The number of carboxylic acid groups (broad SMARTS) is 1. The molecule has 0 aromatic carbocycles. The number of aliphatic carboxylic acids is 1. The molecule has 1 aliphatic carbocycles. The molecule has 0 bridgehead atoms. The largest absolute Gasteiger partial charge is 0.481 e. The fourth-order valence-electron chi connectivity index (χ4n) is 2.89. The zero-order valence-corrected chi connectivity index (χ0v) is 13.2. The van der Waals surface area contributed by atoms with E-state index >= 15 is 0 Å². The van der Waals surface area contributed by atoms with Crippen LogP contribution >= 0.6 is 11.8 Å². The molecule has 1 saturated carbocycles. The van der Waals surface area contributed by atoms with Crippen molar-refractivity contribution in [3.05, 3.63) is 5.82 Å². The van der Waals surface area contributed by atoms with Crippen molar-refractivity contribution in [2.45, 2.75) is 57.7 Å². The van der Waals surface area contributed by atoms with E-state index in [1.165, 1.54) is 18.2 Å². The highest BCUT2D eigenvalue weighted by Gasteiger charge is 2.29. The molecule has 6 heteroatoms. The van der Waals surface area contributed by atoms with Gasteiger partial charge in [0.05, 0.1) is 5.75 Å². The SMILES string of the molecule is CCc1nnc(SCC(=O)O)n1C1CCC(C)C(C)C1. The number of hydrogen-bond donors (Lipinski definition) is 1. The van der Waals surface area contributed by atoms with Crippen molar-refractivity contribution < 1.29 is 9.90 Å². The van der Waals surface area contributed by atoms with E-state index in [2.05, 4.69) is 35.5 Å². The predicted molar refractivity (Wildman–Crippen MR) is 79.0 cm³/mol. The monoisotopic (exact) mass is 297 g/mol. The minimum Gasteiger partial charge on any atom is -0.481 e. The third kappa shape index (κ3) is 3.34. The van der Waals surface area contributed by atoms with E-state index in [1.807, 2.05) is 0 Å². The predicted octanol–water partition coefficient (Wildman–Crippen LogP) is 3.01. The lowest BCUT2D eigenvalue weighted by Gasteiger charge is -2.33. The molecule has 1 N–H and O–H groups in total. The average Bonchev–Trinajstić information content (AvgIpc) is 2.82. The maximum atomic E-state index is 10.8. The van der Waals surface area contributed by atoms with Crippen LogP contribution < -0.4 is 0 Å². The van der Waals surface area contributed by atoms with Gasteiger partial charge in [0.1, 0.15) is 5.82 Å². The van der Waals surface area contributed by atoms with E-state index in [0.717, 1.165) is 36.2 Å². The Kier molecular flexibility index (Phi) is 5.07. The van der Waals surface area contributed by atoms with Crippen molar-refractivity contribution in [2.75, 3.05) is 5.75 Å². The summed E-state index contributed by atoms with van der Waals surface area (Å²) in [7, 11) is 0. The summed E-state index contributed by atoms with van der Waals surface area (Å²) < 4.78 is 2.19. The molecule has 0 spiro atoms. The van der Waals surface area contributed by atoms with Crippen molar-refractivity contribution in [1.82, 2.24) is 14.8 Å². The Labute approximate surface area is 124 Å². The molecule has 0 saturated heterocycles. The van der Waals surface area contributed by atoms with Crippen LogP contribution in [0.3, 0.4) is 0 Å². The molecular formula is C14H23N3O2S. The molecule has 3 unspecified atom stereocenters. The lowest BCUT2D eigenvalue weighted by Crippen LogP contribution is -2.25. The van der Waals surface area contributed by atoms with E-state index in [-0.39, 0.29) is 5.75 Å². The normalized spacial score (nSPS) is 26.6. The zero-order valence-electron chi connectivity index (χ0n) is 12.4. The fraction of sp³-hybridized carbons (Fsp3) is 0.786. The molecule has 20 heavy (non-hydrogen) atoms. The first-order valence-electron chi connectivity index (χ1n) is 7.31. The van der Waals surface area contributed by atoms with E-state index < -0.39 is 5.97 Å². The van der Waals surface area contributed by atoms with Crippen LogP contribution in [0.4, 0.5) is 0 Å². The molecule has 3 atom stereocenters. The third-order valence-corrected chi connectivity index (χ3v) is 5.24. The molecule has 5 nitrogen and oxygen atoms in total. The molecule has 0 amide bonds. The average molecular weight is 297 g/mol. The highest BCUT2D eigenvalue weighted by Crippen LogP contribution is 2.38. The summed E-state index contributed by atoms with van der Waals surface area (Å²) in [6.45, 7) is 6.69. The number of nitrogens with zero attached hydrogens (tertiary/aromatic N) is 3. The Balaban J connectivity index is 2.19. The number of thioether (sulfide) groups is 1. The Morgan fingerprint density at radius 3 is 2.70 bits per heavy atom. The minimum atomic E-state index is -0.812. The van der Waals surface area contributed by atoms with Crippen molar-refractivity contribution in [3.8, 4) is 0 Å². The topological polar surface area (TPSA) is 68.0 Å². The summed E-state index contributed by atoms with van der Waals surface area (Å²) >= 11 is 1.28. The molecular weight excluding hydrogens is 274 g/mol. The van der Waals surface area contributed by atoms with Crippen LogP contribution in [0.25, 0.3) is 0 Å². The summed E-state index contributed by atoms with van der Waals surface area (Å²) in [5.41, 5.74) is 0. The van der Waals surface area contributed by atoms with Crippen LogP contribution in [0.2, 0.25) is 0 Å². The van der Waals surface area contributed by atoms with Gasteiger partial charge in [-0.3, -0.25) is 4.79 Å². The smallest absolute Gasteiger partial charge is 0.313 e. The Morgan fingerprint density at radius 1 is 1.35 bits per heavy atom. The minimum absolute atomic E-state index is 0.0422. The first-order chi connectivity index (χ1) is 9.52. The zero-order chi connectivity index (χ0) is 14.7. The van der Waals surface area contributed by atoms with Crippen LogP contribution in [0, 0.1) is 11.8 Å². The van der Waals surface area contributed by atoms with Gasteiger partial charge in [0, 0.05) is 12.5 Å². The van der Waals surface area contributed by atoms with E-state index in [1.54, 1.807) is 0 Å². The first-order valence-corrected chi connectivity index (χ1v) is 8.29. The maximum absolute atomic E-state index is 10.8. The van der Waals surface area contributed by atoms with Crippen LogP contribution in [-0.4, -0.2) is 31.6 Å². The van der Waals surface area contributed by atoms with Gasteiger partial charge in [-0.2, -0.15) is 0 Å². The molecule has 1 aromatic rings. The summed E-state index contributed by atoms with van der Waals surface area (Å²) in [4.78, 5) is 10.8. The van der Waals surface area contributed by atoms with Gasteiger partial charge >= 0.3 is 5.97 Å². The van der Waals surface area contributed by atoms with Crippen molar-refractivity contribution in [3.63, 3.8) is 0 Å². The molecule has 1 aromatic heterocycles. The highest BCUT2D eigenvalue weighted by molar-refractivity contribution is 7.99. The Hall–Kier alpha value is -1.04. The van der Waals surface area contributed by atoms with Crippen LogP contribution in [0.1, 0.15) is 51.9 Å². The van der Waals surface area contributed by atoms with E-state index in [4.69, 9.17) is 5.11 Å². The second kappa shape index (κ2) is 6.61. The maximum Gasteiger partial charge on any atom is 0.313 e. The third-order valence-electron chi connectivity index (χ3n) is 4.31. The van der Waals surface area contributed by atoms with Gasteiger partial charge in [0.25, 0.3) is 0 Å². The lowest BCUT2D eigenvalue weighted by molar-refractivity contribution is -0.133. The van der Waals surface area contributed by atoms with Crippen molar-refractivity contribution in [2.24, 2.45) is 11.8 Å². The molecule has 2 rings (SSSR count). The fourth-order valence-corrected chi connectivity index (χ4v) is 3.64. The standard InChI is InChI=1S/C14H23N3O2S/c1-4-12-15-16-14(20-8-13(18)19)17(12)11-6-5-9(2)10(3)7-11/h9-11H,4-8H2,1-3H3,(H,18,19). The van der Waals surface area contributed by atoms with Crippen molar-refractivity contribution in [1.29, 1.82) is 0 Å². The lowest BCUT2D eigenvalue weighted by atomic mass is 9.79. The van der Waals surface area contributed by atoms with Gasteiger partial charge in [0.2, 0.25) is 0 Å².